The van der Waals surface area contributed by atoms with Gasteiger partial charge in [-0.1, -0.05) is 0 Å². The number of pyridine rings is 1. The van der Waals surface area contributed by atoms with Crippen molar-refractivity contribution in [2.45, 2.75) is 12.5 Å². The van der Waals surface area contributed by atoms with Crippen LogP contribution in [0.5, 0.6) is 0 Å². The molecule has 0 radical (unpaired) electrons. The highest BCUT2D eigenvalue weighted by molar-refractivity contribution is 9.10. The van der Waals surface area contributed by atoms with Gasteiger partial charge < -0.3 is 15.8 Å². The van der Waals surface area contributed by atoms with Crippen molar-refractivity contribution in [3.8, 4) is 0 Å². The summed E-state index contributed by atoms with van der Waals surface area (Å²) in [5, 5.41) is 2.64. The number of hydrogen-bond acceptors (Lipinski definition) is 4. The average Bonchev–Trinajstić information content (AvgIpc) is 2.28. The van der Waals surface area contributed by atoms with E-state index in [0.717, 1.165) is 4.47 Å². The van der Waals surface area contributed by atoms with Crippen molar-refractivity contribution in [3.05, 3.63) is 22.8 Å². The van der Waals surface area contributed by atoms with Crippen molar-refractivity contribution in [1.82, 2.24) is 4.98 Å². The summed E-state index contributed by atoms with van der Waals surface area (Å²) in [4.78, 5) is 15.6. The van der Waals surface area contributed by atoms with Crippen LogP contribution in [0.25, 0.3) is 0 Å². The first kappa shape index (κ1) is 13.1. The maximum atomic E-state index is 11.6. The molecular weight excluding hydrogens is 274 g/mol. The molecule has 1 aromatic rings. The van der Waals surface area contributed by atoms with Crippen LogP contribution in [0.4, 0.5) is 5.82 Å². The lowest BCUT2D eigenvalue weighted by Gasteiger charge is -2.11. The molecular formula is C10H14BrN3O2. The first-order chi connectivity index (χ1) is 7.65. The normalized spacial score (nSPS) is 12.2. The Morgan fingerprint density at radius 3 is 3.12 bits per heavy atom. The third-order valence-corrected chi connectivity index (χ3v) is 2.61. The second-order valence-corrected chi connectivity index (χ2v) is 4.07. The Labute approximate surface area is 103 Å². The Morgan fingerprint density at radius 1 is 1.75 bits per heavy atom. The van der Waals surface area contributed by atoms with E-state index in [4.69, 9.17) is 10.5 Å². The molecule has 0 spiro atoms. The maximum absolute atomic E-state index is 11.6. The number of methoxy groups -OCH3 is 1. The molecule has 0 bridgehead atoms. The fourth-order valence-electron chi connectivity index (χ4n) is 1.06. The third-order valence-electron chi connectivity index (χ3n) is 1.97. The van der Waals surface area contributed by atoms with Gasteiger partial charge in [-0.2, -0.15) is 0 Å². The summed E-state index contributed by atoms with van der Waals surface area (Å²) in [6.07, 6.45) is 2.08. The number of amides is 1. The molecule has 1 unspecified atom stereocenters. The van der Waals surface area contributed by atoms with Crippen molar-refractivity contribution in [1.29, 1.82) is 0 Å². The third kappa shape index (κ3) is 3.88. The second-order valence-electron chi connectivity index (χ2n) is 3.21. The zero-order chi connectivity index (χ0) is 12.0. The molecule has 1 rings (SSSR count). The van der Waals surface area contributed by atoms with E-state index in [-0.39, 0.29) is 5.91 Å². The highest BCUT2D eigenvalue weighted by Crippen LogP contribution is 2.18. The van der Waals surface area contributed by atoms with Crippen molar-refractivity contribution in [2.75, 3.05) is 19.0 Å². The zero-order valence-electron chi connectivity index (χ0n) is 8.94. The van der Waals surface area contributed by atoms with Crippen LogP contribution >= 0.6 is 15.9 Å². The van der Waals surface area contributed by atoms with Crippen LogP contribution in [0.2, 0.25) is 0 Å². The highest BCUT2D eigenvalue weighted by atomic mass is 79.9. The average molecular weight is 288 g/mol. The number of hydrogen-bond donors (Lipinski definition) is 2. The first-order valence-electron chi connectivity index (χ1n) is 4.81. The number of anilines is 1. The summed E-state index contributed by atoms with van der Waals surface area (Å²) in [6.45, 7) is 0.456. The van der Waals surface area contributed by atoms with Gasteiger partial charge in [0, 0.05) is 19.9 Å². The van der Waals surface area contributed by atoms with Crippen molar-refractivity contribution in [3.63, 3.8) is 0 Å². The van der Waals surface area contributed by atoms with Gasteiger partial charge in [0.05, 0.1) is 10.5 Å². The molecule has 0 aliphatic rings. The standard InChI is InChI=1S/C10H14BrN3O2/c1-16-6-4-8(12)10(15)14-9-7(11)3-2-5-13-9/h2-3,5,8H,4,6,12H2,1H3,(H,13,14,15). The fraction of sp³-hybridized carbons (Fsp3) is 0.400. The number of aromatic nitrogens is 1. The molecule has 0 aliphatic heterocycles. The second kappa shape index (κ2) is 6.57. The lowest BCUT2D eigenvalue weighted by molar-refractivity contribution is -0.117. The minimum Gasteiger partial charge on any atom is -0.385 e. The number of nitrogens with two attached hydrogens (primary N) is 1. The predicted molar refractivity (Wildman–Crippen MR) is 65.0 cm³/mol. The minimum atomic E-state index is -0.589. The van der Waals surface area contributed by atoms with E-state index in [1.165, 1.54) is 0 Å². The molecule has 5 nitrogen and oxygen atoms in total. The highest BCUT2D eigenvalue weighted by Gasteiger charge is 2.14. The summed E-state index contributed by atoms with van der Waals surface area (Å²) < 4.78 is 5.58. The van der Waals surface area contributed by atoms with Crippen molar-refractivity contribution >= 4 is 27.7 Å². The molecule has 6 heteroatoms. The van der Waals surface area contributed by atoms with E-state index in [2.05, 4.69) is 26.2 Å². The van der Waals surface area contributed by atoms with Gasteiger partial charge in [0.25, 0.3) is 0 Å². The van der Waals surface area contributed by atoms with E-state index in [0.29, 0.717) is 18.8 Å². The monoisotopic (exact) mass is 287 g/mol. The van der Waals surface area contributed by atoms with E-state index in [9.17, 15) is 4.79 Å². The van der Waals surface area contributed by atoms with E-state index in [1.54, 1.807) is 25.4 Å². The topological polar surface area (TPSA) is 77.2 Å². The first-order valence-corrected chi connectivity index (χ1v) is 5.60. The molecule has 88 valence electrons. The van der Waals surface area contributed by atoms with Crippen molar-refractivity contribution < 1.29 is 9.53 Å². The lowest BCUT2D eigenvalue weighted by Crippen LogP contribution is -2.36. The van der Waals surface area contributed by atoms with Gasteiger partial charge >= 0.3 is 0 Å². The fourth-order valence-corrected chi connectivity index (χ4v) is 1.42. The Bertz CT molecular complexity index is 360. The Balaban J connectivity index is 2.54. The molecule has 1 aromatic heterocycles. The molecule has 1 atom stereocenters. The van der Waals surface area contributed by atoms with Gasteiger partial charge in [-0.3, -0.25) is 4.79 Å². The summed E-state index contributed by atoms with van der Waals surface area (Å²) in [5.74, 6) is 0.205. The smallest absolute Gasteiger partial charge is 0.242 e. The zero-order valence-corrected chi connectivity index (χ0v) is 10.5. The van der Waals surface area contributed by atoms with Crippen LogP contribution in [0.15, 0.2) is 22.8 Å². The van der Waals surface area contributed by atoms with Gasteiger partial charge in [0.1, 0.15) is 5.82 Å². The van der Waals surface area contributed by atoms with Gasteiger partial charge in [0.2, 0.25) is 5.91 Å². The van der Waals surface area contributed by atoms with Crippen molar-refractivity contribution in [2.24, 2.45) is 5.73 Å². The Hall–Kier alpha value is -0.980. The number of rotatable bonds is 5. The molecule has 0 saturated carbocycles. The van der Waals surface area contributed by atoms with E-state index < -0.39 is 6.04 Å². The minimum absolute atomic E-state index is 0.267. The van der Waals surface area contributed by atoms with E-state index in [1.807, 2.05) is 0 Å². The summed E-state index contributed by atoms with van der Waals surface area (Å²) >= 11 is 3.28. The molecule has 0 aromatic carbocycles. The summed E-state index contributed by atoms with van der Waals surface area (Å²) in [7, 11) is 1.57. The quantitative estimate of drug-likeness (QED) is 0.852. The van der Waals surface area contributed by atoms with Crippen LogP contribution in [0.1, 0.15) is 6.42 Å². The molecule has 0 fully saturated rings. The molecule has 0 saturated heterocycles. The largest absolute Gasteiger partial charge is 0.385 e. The SMILES string of the molecule is COCCC(N)C(=O)Nc1ncccc1Br. The number of nitrogens with one attached hydrogen (secondary N) is 1. The van der Waals surface area contributed by atoms with Crippen LogP contribution in [0.3, 0.4) is 0 Å². The number of nitrogens with zero attached hydrogens (tertiary/aromatic N) is 1. The molecule has 1 heterocycles. The van der Waals surface area contributed by atoms with Gasteiger partial charge in [-0.05, 0) is 34.5 Å². The van der Waals surface area contributed by atoms with Gasteiger partial charge in [-0.15, -0.1) is 0 Å². The lowest BCUT2D eigenvalue weighted by atomic mass is 10.2. The molecule has 0 aliphatic carbocycles. The number of halogens is 1. The number of carbonyl (C=O) groups excluding carboxylic acids is 1. The van der Waals surface area contributed by atoms with Gasteiger partial charge in [-0.25, -0.2) is 4.98 Å². The van der Waals surface area contributed by atoms with Crippen LogP contribution < -0.4 is 11.1 Å². The van der Waals surface area contributed by atoms with Crippen LogP contribution in [0, 0.1) is 0 Å². The summed E-state index contributed by atoms with van der Waals surface area (Å²) in [6, 6.07) is 2.97. The van der Waals surface area contributed by atoms with Crippen LogP contribution in [-0.2, 0) is 9.53 Å². The molecule has 3 N–H and O–H groups in total. The summed E-state index contributed by atoms with van der Waals surface area (Å²) in [5.41, 5.74) is 5.67. The maximum Gasteiger partial charge on any atom is 0.242 e. The van der Waals surface area contributed by atoms with Crippen LogP contribution in [-0.4, -0.2) is 30.6 Å². The number of ether oxygens (including phenoxy) is 1. The molecule has 1 amide bonds. The molecule has 16 heavy (non-hydrogen) atoms. The Morgan fingerprint density at radius 2 is 2.50 bits per heavy atom. The predicted octanol–water partition coefficient (Wildman–Crippen LogP) is 1.15. The van der Waals surface area contributed by atoms with Gasteiger partial charge in [0.15, 0.2) is 0 Å². The number of carbonyl (C=O) groups is 1. The Kier molecular flexibility index (Phi) is 5.37. The van der Waals surface area contributed by atoms with E-state index >= 15 is 0 Å².